The molecule has 0 bridgehead atoms. The molecular formula is C12H10F3NO3. The van der Waals surface area contributed by atoms with Crippen molar-refractivity contribution in [2.45, 2.75) is 6.18 Å². The first-order valence-electron chi connectivity index (χ1n) is 5.36. The van der Waals surface area contributed by atoms with Crippen molar-refractivity contribution >= 4 is 12.0 Å². The average Bonchev–Trinajstić information content (AvgIpc) is 2.80. The monoisotopic (exact) mass is 273 g/mol. The van der Waals surface area contributed by atoms with E-state index in [9.17, 15) is 18.0 Å². The van der Waals surface area contributed by atoms with Crippen LogP contribution in [0, 0.1) is 0 Å². The van der Waals surface area contributed by atoms with Crippen molar-refractivity contribution in [3.63, 3.8) is 0 Å². The summed E-state index contributed by atoms with van der Waals surface area (Å²) >= 11 is 0. The van der Waals surface area contributed by atoms with Gasteiger partial charge in [0.1, 0.15) is 6.54 Å². The highest BCUT2D eigenvalue weighted by molar-refractivity contribution is 5.91. The molecule has 1 N–H and O–H groups in total. The zero-order valence-electron chi connectivity index (χ0n) is 9.66. The van der Waals surface area contributed by atoms with Gasteiger partial charge in [0, 0.05) is 6.08 Å². The van der Waals surface area contributed by atoms with E-state index in [1.807, 2.05) is 0 Å². The maximum absolute atomic E-state index is 11.9. The lowest BCUT2D eigenvalue weighted by Crippen LogP contribution is -2.32. The molecule has 0 saturated carbocycles. The zero-order valence-corrected chi connectivity index (χ0v) is 9.66. The summed E-state index contributed by atoms with van der Waals surface area (Å²) in [5, 5.41) is 1.74. The van der Waals surface area contributed by atoms with E-state index in [1.54, 1.807) is 23.5 Å². The molecule has 1 amide bonds. The minimum atomic E-state index is -4.41. The molecule has 0 fully saturated rings. The highest BCUT2D eigenvalue weighted by atomic mass is 19.4. The van der Waals surface area contributed by atoms with Crippen LogP contribution in [0.15, 0.2) is 24.3 Å². The Kier molecular flexibility index (Phi) is 3.64. The second-order valence-electron chi connectivity index (χ2n) is 3.78. The minimum Gasteiger partial charge on any atom is -0.454 e. The number of rotatable bonds is 3. The van der Waals surface area contributed by atoms with Crippen LogP contribution in [0.2, 0.25) is 0 Å². The molecular weight excluding hydrogens is 263 g/mol. The van der Waals surface area contributed by atoms with Gasteiger partial charge < -0.3 is 14.8 Å². The molecule has 0 aliphatic carbocycles. The number of nitrogens with one attached hydrogen (secondary N) is 1. The van der Waals surface area contributed by atoms with Crippen LogP contribution in [0.1, 0.15) is 5.56 Å². The molecule has 4 nitrogen and oxygen atoms in total. The predicted octanol–water partition coefficient (Wildman–Crippen LogP) is 2.11. The van der Waals surface area contributed by atoms with Gasteiger partial charge in [0.15, 0.2) is 11.5 Å². The summed E-state index contributed by atoms with van der Waals surface area (Å²) in [5.41, 5.74) is 0.631. The number of fused-ring (bicyclic) bond motifs is 1. The summed E-state index contributed by atoms with van der Waals surface area (Å²) < 4.78 is 45.8. The van der Waals surface area contributed by atoms with Crippen molar-refractivity contribution < 1.29 is 27.4 Å². The van der Waals surface area contributed by atoms with E-state index >= 15 is 0 Å². The first kappa shape index (κ1) is 13.3. The van der Waals surface area contributed by atoms with Gasteiger partial charge in [0.05, 0.1) is 0 Å². The van der Waals surface area contributed by atoms with Gasteiger partial charge in [0.25, 0.3) is 0 Å². The fraction of sp³-hybridized carbons (Fsp3) is 0.250. The lowest BCUT2D eigenvalue weighted by atomic mass is 10.2. The van der Waals surface area contributed by atoms with E-state index in [2.05, 4.69) is 0 Å². The van der Waals surface area contributed by atoms with Gasteiger partial charge in [-0.25, -0.2) is 0 Å². The van der Waals surface area contributed by atoms with E-state index in [4.69, 9.17) is 9.47 Å². The van der Waals surface area contributed by atoms with Crippen LogP contribution in [0.3, 0.4) is 0 Å². The quantitative estimate of drug-likeness (QED) is 0.858. The lowest BCUT2D eigenvalue weighted by Gasteiger charge is -2.05. The molecule has 2 rings (SSSR count). The fourth-order valence-electron chi connectivity index (χ4n) is 1.43. The number of ether oxygens (including phenoxy) is 2. The molecule has 19 heavy (non-hydrogen) atoms. The van der Waals surface area contributed by atoms with Gasteiger partial charge in [0.2, 0.25) is 12.7 Å². The maximum Gasteiger partial charge on any atom is 0.405 e. The number of amides is 1. The highest BCUT2D eigenvalue weighted by Gasteiger charge is 2.27. The smallest absolute Gasteiger partial charge is 0.405 e. The molecule has 102 valence electrons. The maximum atomic E-state index is 11.9. The molecule has 1 heterocycles. The number of alkyl halides is 3. The molecule has 1 aromatic carbocycles. The Balaban J connectivity index is 1.93. The Bertz CT molecular complexity index is 511. The van der Waals surface area contributed by atoms with Crippen molar-refractivity contribution in [1.29, 1.82) is 0 Å². The summed E-state index contributed by atoms with van der Waals surface area (Å²) in [6.07, 6.45) is -1.99. The van der Waals surface area contributed by atoms with E-state index < -0.39 is 18.6 Å². The Morgan fingerprint density at radius 3 is 2.79 bits per heavy atom. The molecule has 0 unspecified atom stereocenters. The van der Waals surface area contributed by atoms with Crippen molar-refractivity contribution in [3.8, 4) is 11.5 Å². The number of benzene rings is 1. The first-order chi connectivity index (χ1) is 8.94. The molecule has 7 heteroatoms. The topological polar surface area (TPSA) is 47.6 Å². The molecule has 1 aliphatic rings. The zero-order chi connectivity index (χ0) is 13.9. The normalized spacial score (nSPS) is 13.8. The molecule has 1 aromatic rings. The summed E-state index contributed by atoms with van der Waals surface area (Å²) in [7, 11) is 0. The summed E-state index contributed by atoms with van der Waals surface area (Å²) in [6.45, 7) is -1.22. The summed E-state index contributed by atoms with van der Waals surface area (Å²) in [4.78, 5) is 11.1. The predicted molar refractivity (Wildman–Crippen MR) is 60.7 cm³/mol. The van der Waals surface area contributed by atoms with E-state index in [0.717, 1.165) is 6.08 Å². The number of halogens is 3. The third kappa shape index (κ3) is 3.90. The standard InChI is InChI=1S/C12H10F3NO3/c13-12(14,15)6-16-11(17)4-2-8-1-3-9-10(5-8)19-7-18-9/h1-5H,6-7H2,(H,16,17)/b4-2-. The SMILES string of the molecule is O=C(/C=C\c1ccc2c(c1)OCO2)NCC(F)(F)F. The van der Waals surface area contributed by atoms with Gasteiger partial charge in [-0.1, -0.05) is 6.07 Å². The second kappa shape index (κ2) is 5.21. The summed E-state index contributed by atoms with van der Waals surface area (Å²) in [5.74, 6) is 0.325. The van der Waals surface area contributed by atoms with Crippen molar-refractivity contribution in [1.82, 2.24) is 5.32 Å². The fourth-order valence-corrected chi connectivity index (χ4v) is 1.43. The van der Waals surface area contributed by atoms with Crippen molar-refractivity contribution in [2.24, 2.45) is 0 Å². The Hall–Kier alpha value is -2.18. The number of carbonyl (C=O) groups is 1. The van der Waals surface area contributed by atoms with Gasteiger partial charge in [-0.05, 0) is 23.8 Å². The number of hydrogen-bond acceptors (Lipinski definition) is 3. The Morgan fingerprint density at radius 2 is 2.05 bits per heavy atom. The Labute approximate surface area is 106 Å². The van der Waals surface area contributed by atoms with Crippen LogP contribution >= 0.6 is 0 Å². The average molecular weight is 273 g/mol. The van der Waals surface area contributed by atoms with E-state index in [-0.39, 0.29) is 6.79 Å². The Morgan fingerprint density at radius 1 is 1.32 bits per heavy atom. The molecule has 0 saturated heterocycles. The minimum absolute atomic E-state index is 0.134. The van der Waals surface area contributed by atoms with Crippen molar-refractivity contribution in [2.75, 3.05) is 13.3 Å². The summed E-state index contributed by atoms with van der Waals surface area (Å²) in [6, 6.07) is 4.96. The van der Waals surface area contributed by atoms with Crippen LogP contribution < -0.4 is 14.8 Å². The molecule has 0 radical (unpaired) electrons. The van der Waals surface area contributed by atoms with E-state index in [0.29, 0.717) is 17.1 Å². The molecule has 0 spiro atoms. The van der Waals surface area contributed by atoms with Crippen LogP contribution in [0.4, 0.5) is 13.2 Å². The van der Waals surface area contributed by atoms with Crippen LogP contribution in [-0.4, -0.2) is 25.4 Å². The third-order valence-electron chi connectivity index (χ3n) is 2.29. The molecule has 0 aromatic heterocycles. The molecule has 1 aliphatic heterocycles. The van der Waals surface area contributed by atoms with Crippen LogP contribution in [-0.2, 0) is 4.79 Å². The largest absolute Gasteiger partial charge is 0.454 e. The van der Waals surface area contributed by atoms with Gasteiger partial charge >= 0.3 is 6.18 Å². The highest BCUT2D eigenvalue weighted by Crippen LogP contribution is 2.32. The molecule has 0 atom stereocenters. The van der Waals surface area contributed by atoms with E-state index in [1.165, 1.54) is 6.08 Å². The lowest BCUT2D eigenvalue weighted by molar-refractivity contribution is -0.135. The van der Waals surface area contributed by atoms with Crippen LogP contribution in [0.25, 0.3) is 6.08 Å². The number of carbonyl (C=O) groups excluding carboxylic acids is 1. The van der Waals surface area contributed by atoms with Gasteiger partial charge in [-0.2, -0.15) is 13.2 Å². The second-order valence-corrected chi connectivity index (χ2v) is 3.78. The first-order valence-corrected chi connectivity index (χ1v) is 5.36. The third-order valence-corrected chi connectivity index (χ3v) is 2.29. The van der Waals surface area contributed by atoms with Crippen LogP contribution in [0.5, 0.6) is 11.5 Å². The van der Waals surface area contributed by atoms with Gasteiger partial charge in [-0.15, -0.1) is 0 Å². The number of hydrogen-bond donors (Lipinski definition) is 1. The van der Waals surface area contributed by atoms with Crippen molar-refractivity contribution in [3.05, 3.63) is 29.8 Å². The van der Waals surface area contributed by atoms with Gasteiger partial charge in [-0.3, -0.25) is 4.79 Å².